The normalized spacial score (nSPS) is 19.2. The van der Waals surface area contributed by atoms with E-state index in [1.165, 1.54) is 6.33 Å². The van der Waals surface area contributed by atoms with Gasteiger partial charge in [-0.25, -0.2) is 4.98 Å². The second-order valence-corrected chi connectivity index (χ2v) is 9.21. The van der Waals surface area contributed by atoms with Crippen LogP contribution in [0.4, 0.5) is 0 Å². The summed E-state index contributed by atoms with van der Waals surface area (Å²) in [5.74, 6) is 0.784. The molecule has 3 N–H and O–H groups in total. The number of benzene rings is 1. The molecule has 2 aromatic rings. The fourth-order valence-electron chi connectivity index (χ4n) is 3.86. The molecular formula is C19H27N5OS. The molecule has 0 bridgehead atoms. The third-order valence-corrected chi connectivity index (χ3v) is 5.46. The Bertz CT molecular complexity index is 724. The van der Waals surface area contributed by atoms with Gasteiger partial charge in [0, 0.05) is 28.4 Å². The SMILES string of the molecule is CC1(C)CC(NC(=O)c2ccc(CSc3ncn[nH]3)cc2)CC(C)(C)N1. The maximum Gasteiger partial charge on any atom is 0.251 e. The average molecular weight is 374 g/mol. The van der Waals surface area contributed by atoms with Crippen LogP contribution < -0.4 is 10.6 Å². The number of aromatic nitrogens is 3. The van der Waals surface area contributed by atoms with Crippen LogP contribution in [0, 0.1) is 0 Å². The van der Waals surface area contributed by atoms with Gasteiger partial charge in [-0.2, -0.15) is 5.10 Å². The van der Waals surface area contributed by atoms with Gasteiger partial charge in [0.25, 0.3) is 5.91 Å². The van der Waals surface area contributed by atoms with Crippen molar-refractivity contribution in [3.8, 4) is 0 Å². The van der Waals surface area contributed by atoms with Gasteiger partial charge in [-0.05, 0) is 58.2 Å². The van der Waals surface area contributed by atoms with Crippen LogP contribution in [0.25, 0.3) is 0 Å². The third-order valence-electron chi connectivity index (χ3n) is 4.51. The minimum Gasteiger partial charge on any atom is -0.349 e. The van der Waals surface area contributed by atoms with Gasteiger partial charge in [0.1, 0.15) is 6.33 Å². The van der Waals surface area contributed by atoms with E-state index in [-0.39, 0.29) is 23.0 Å². The smallest absolute Gasteiger partial charge is 0.251 e. The molecule has 26 heavy (non-hydrogen) atoms. The molecule has 6 nitrogen and oxygen atoms in total. The van der Waals surface area contributed by atoms with E-state index in [4.69, 9.17) is 0 Å². The average Bonchev–Trinajstić information content (AvgIpc) is 3.03. The molecule has 0 spiro atoms. The number of hydrogen-bond acceptors (Lipinski definition) is 5. The number of carbonyl (C=O) groups is 1. The minimum absolute atomic E-state index is 0.00191. The number of piperidine rings is 1. The molecule has 0 atom stereocenters. The fourth-order valence-corrected chi connectivity index (χ4v) is 4.60. The minimum atomic E-state index is -0.00191. The van der Waals surface area contributed by atoms with Gasteiger partial charge in [0.05, 0.1) is 0 Å². The van der Waals surface area contributed by atoms with Crippen molar-refractivity contribution in [1.82, 2.24) is 25.8 Å². The molecule has 140 valence electrons. The van der Waals surface area contributed by atoms with E-state index in [1.807, 2.05) is 24.3 Å². The molecule has 3 rings (SSSR count). The number of H-pyrrole nitrogens is 1. The second-order valence-electron chi connectivity index (χ2n) is 8.25. The van der Waals surface area contributed by atoms with Gasteiger partial charge in [-0.3, -0.25) is 9.89 Å². The number of rotatable bonds is 5. The lowest BCUT2D eigenvalue weighted by atomic mass is 9.79. The largest absolute Gasteiger partial charge is 0.349 e. The molecule has 1 amide bonds. The fraction of sp³-hybridized carbons (Fsp3) is 0.526. The summed E-state index contributed by atoms with van der Waals surface area (Å²) in [6, 6.07) is 7.95. The number of carbonyl (C=O) groups excluding carboxylic acids is 1. The van der Waals surface area contributed by atoms with Crippen molar-refractivity contribution >= 4 is 17.7 Å². The Morgan fingerprint density at radius 3 is 2.42 bits per heavy atom. The lowest BCUT2D eigenvalue weighted by molar-refractivity contribution is 0.0873. The Morgan fingerprint density at radius 1 is 1.19 bits per heavy atom. The highest BCUT2D eigenvalue weighted by Gasteiger charge is 2.38. The van der Waals surface area contributed by atoms with Crippen LogP contribution in [0.2, 0.25) is 0 Å². The number of hydrogen-bond donors (Lipinski definition) is 3. The van der Waals surface area contributed by atoms with Crippen molar-refractivity contribution < 1.29 is 4.79 Å². The zero-order chi connectivity index (χ0) is 18.8. The Kier molecular flexibility index (Phi) is 5.39. The summed E-state index contributed by atoms with van der Waals surface area (Å²) in [5.41, 5.74) is 1.88. The van der Waals surface area contributed by atoms with Gasteiger partial charge >= 0.3 is 0 Å². The number of nitrogens with one attached hydrogen (secondary N) is 3. The highest BCUT2D eigenvalue weighted by Crippen LogP contribution is 2.28. The molecule has 0 aliphatic carbocycles. The van der Waals surface area contributed by atoms with Crippen LogP contribution in [-0.2, 0) is 5.75 Å². The van der Waals surface area contributed by atoms with Crippen molar-refractivity contribution in [1.29, 1.82) is 0 Å². The Balaban J connectivity index is 1.57. The van der Waals surface area contributed by atoms with Crippen LogP contribution in [0.5, 0.6) is 0 Å². The lowest BCUT2D eigenvalue weighted by Crippen LogP contribution is -2.62. The Labute approximate surface area is 158 Å². The van der Waals surface area contributed by atoms with E-state index in [1.54, 1.807) is 11.8 Å². The van der Waals surface area contributed by atoms with E-state index >= 15 is 0 Å². The van der Waals surface area contributed by atoms with Gasteiger partial charge in [-0.15, -0.1) is 0 Å². The first-order valence-electron chi connectivity index (χ1n) is 8.90. The van der Waals surface area contributed by atoms with Crippen molar-refractivity contribution in [2.45, 2.75) is 68.6 Å². The Hall–Kier alpha value is -1.86. The van der Waals surface area contributed by atoms with Crippen LogP contribution >= 0.6 is 11.8 Å². The summed E-state index contributed by atoms with van der Waals surface area (Å²) < 4.78 is 0. The molecule has 1 aromatic heterocycles. The summed E-state index contributed by atoms with van der Waals surface area (Å²) in [7, 11) is 0. The molecular weight excluding hydrogens is 346 g/mol. The monoisotopic (exact) mass is 373 g/mol. The molecule has 0 unspecified atom stereocenters. The second kappa shape index (κ2) is 7.40. The number of thioether (sulfide) groups is 1. The molecule has 7 heteroatoms. The molecule has 2 heterocycles. The number of aromatic amines is 1. The molecule has 1 saturated heterocycles. The molecule has 0 radical (unpaired) electrons. The number of nitrogens with zero attached hydrogens (tertiary/aromatic N) is 2. The van der Waals surface area contributed by atoms with Gasteiger partial charge in [-0.1, -0.05) is 23.9 Å². The van der Waals surface area contributed by atoms with Crippen LogP contribution in [0.1, 0.15) is 56.5 Å². The molecule has 1 aromatic carbocycles. The standard InChI is InChI=1S/C19H27N5OS/c1-18(2)9-15(10-19(3,4)24-18)22-16(25)14-7-5-13(6-8-14)11-26-17-20-12-21-23-17/h5-8,12,15,24H,9-11H2,1-4H3,(H,22,25)(H,20,21,23). The predicted octanol–water partition coefficient (Wildman–Crippen LogP) is 3.14. The van der Waals surface area contributed by atoms with Gasteiger partial charge in [0.2, 0.25) is 0 Å². The van der Waals surface area contributed by atoms with Gasteiger partial charge in [0.15, 0.2) is 5.16 Å². The van der Waals surface area contributed by atoms with Gasteiger partial charge < -0.3 is 10.6 Å². The quantitative estimate of drug-likeness (QED) is 0.702. The first-order valence-corrected chi connectivity index (χ1v) is 9.88. The third kappa shape index (κ3) is 5.08. The number of amides is 1. The van der Waals surface area contributed by atoms with Crippen LogP contribution in [0.15, 0.2) is 35.7 Å². The van der Waals surface area contributed by atoms with E-state index in [0.29, 0.717) is 5.56 Å². The summed E-state index contributed by atoms with van der Waals surface area (Å²) >= 11 is 1.59. The zero-order valence-corrected chi connectivity index (χ0v) is 16.6. The Morgan fingerprint density at radius 2 is 1.85 bits per heavy atom. The van der Waals surface area contributed by atoms with Crippen molar-refractivity contribution in [2.75, 3.05) is 0 Å². The maximum atomic E-state index is 12.6. The highest BCUT2D eigenvalue weighted by atomic mass is 32.2. The van der Waals surface area contributed by atoms with E-state index in [0.717, 1.165) is 29.3 Å². The van der Waals surface area contributed by atoms with Crippen molar-refractivity contribution in [3.63, 3.8) is 0 Å². The highest BCUT2D eigenvalue weighted by molar-refractivity contribution is 7.98. The maximum absolute atomic E-state index is 12.6. The topological polar surface area (TPSA) is 82.7 Å². The summed E-state index contributed by atoms with van der Waals surface area (Å²) in [6.45, 7) is 8.75. The molecule has 1 aliphatic heterocycles. The molecule has 0 saturated carbocycles. The molecule has 1 fully saturated rings. The van der Waals surface area contributed by atoms with Crippen molar-refractivity contribution in [3.05, 3.63) is 41.7 Å². The summed E-state index contributed by atoms with van der Waals surface area (Å²) in [5, 5.41) is 14.3. The van der Waals surface area contributed by atoms with E-state index in [9.17, 15) is 4.79 Å². The summed E-state index contributed by atoms with van der Waals surface area (Å²) in [6.07, 6.45) is 3.35. The van der Waals surface area contributed by atoms with Crippen LogP contribution in [0.3, 0.4) is 0 Å². The first kappa shape index (κ1) is 18.9. The molecule has 1 aliphatic rings. The predicted molar refractivity (Wildman–Crippen MR) is 104 cm³/mol. The lowest BCUT2D eigenvalue weighted by Gasteiger charge is -2.46. The summed E-state index contributed by atoms with van der Waals surface area (Å²) in [4.78, 5) is 16.7. The zero-order valence-electron chi connectivity index (χ0n) is 15.8. The van der Waals surface area contributed by atoms with Crippen molar-refractivity contribution in [2.24, 2.45) is 0 Å². The van der Waals surface area contributed by atoms with E-state index < -0.39 is 0 Å². The first-order chi connectivity index (χ1) is 12.2. The van der Waals surface area contributed by atoms with E-state index in [2.05, 4.69) is 53.5 Å². The van der Waals surface area contributed by atoms with Crippen LogP contribution in [-0.4, -0.2) is 38.2 Å².